The van der Waals surface area contributed by atoms with Gasteiger partial charge in [-0.25, -0.2) is 8.78 Å². The first-order valence-electron chi connectivity index (χ1n) is 7.77. The molecule has 1 unspecified atom stereocenters. The number of halogens is 2. The number of hydrogen-bond donors (Lipinski definition) is 1. The molecule has 2 aromatic rings. The Labute approximate surface area is 132 Å². The van der Waals surface area contributed by atoms with E-state index in [-0.39, 0.29) is 6.42 Å². The maximum absolute atomic E-state index is 13.0. The van der Waals surface area contributed by atoms with Gasteiger partial charge in [0.2, 0.25) is 5.91 Å². The first-order valence-corrected chi connectivity index (χ1v) is 7.77. The number of carbonyl (C=O) groups is 1. The zero-order valence-corrected chi connectivity index (χ0v) is 12.7. The van der Waals surface area contributed by atoms with Crippen molar-refractivity contribution in [2.75, 3.05) is 5.32 Å². The number of nitrogens with zero attached hydrogens (tertiary/aromatic N) is 2. The van der Waals surface area contributed by atoms with E-state index in [0.717, 1.165) is 24.1 Å². The average Bonchev–Trinajstić information content (AvgIpc) is 3.39. The van der Waals surface area contributed by atoms with Crippen molar-refractivity contribution in [2.24, 2.45) is 13.0 Å². The first kappa shape index (κ1) is 14.4. The predicted octanol–water partition coefficient (Wildman–Crippen LogP) is 3.56. The van der Waals surface area contributed by atoms with E-state index in [4.69, 9.17) is 0 Å². The Bertz CT molecular complexity index is 780. The molecule has 0 radical (unpaired) electrons. The van der Waals surface area contributed by atoms with E-state index in [0.29, 0.717) is 11.6 Å². The molecule has 4 nitrogen and oxygen atoms in total. The second-order valence-electron chi connectivity index (χ2n) is 6.46. The maximum atomic E-state index is 13.0. The molecule has 1 heterocycles. The molecule has 23 heavy (non-hydrogen) atoms. The summed E-state index contributed by atoms with van der Waals surface area (Å²) in [5.74, 6) is -4.11. The minimum Gasteiger partial charge on any atom is -0.326 e. The average molecular weight is 317 g/mol. The molecule has 6 heteroatoms. The smallest absolute Gasteiger partial charge is 0.260 e. The van der Waals surface area contributed by atoms with Crippen molar-refractivity contribution in [3.8, 4) is 11.3 Å². The van der Waals surface area contributed by atoms with Gasteiger partial charge in [0.25, 0.3) is 5.92 Å². The number of aryl methyl sites for hydroxylation is 1. The minimum atomic E-state index is -2.85. The van der Waals surface area contributed by atoms with Gasteiger partial charge in [0, 0.05) is 30.9 Å². The van der Waals surface area contributed by atoms with E-state index >= 15 is 0 Å². The van der Waals surface area contributed by atoms with Crippen molar-refractivity contribution in [2.45, 2.75) is 31.1 Å². The lowest BCUT2D eigenvalue weighted by Crippen LogP contribution is -2.17. The van der Waals surface area contributed by atoms with Crippen LogP contribution in [0.2, 0.25) is 0 Å². The Morgan fingerprint density at radius 2 is 2.09 bits per heavy atom. The van der Waals surface area contributed by atoms with Crippen LogP contribution >= 0.6 is 0 Å². The minimum absolute atomic E-state index is 0.355. The lowest BCUT2D eigenvalue weighted by atomic mass is 10.00. The Kier molecular flexibility index (Phi) is 3.04. The number of hydrogen-bond acceptors (Lipinski definition) is 2. The second-order valence-corrected chi connectivity index (χ2v) is 6.46. The van der Waals surface area contributed by atoms with E-state index in [1.165, 1.54) is 5.56 Å². The molecular weight excluding hydrogens is 300 g/mol. The van der Waals surface area contributed by atoms with Gasteiger partial charge in [-0.3, -0.25) is 9.48 Å². The van der Waals surface area contributed by atoms with Gasteiger partial charge in [0.05, 0.1) is 5.69 Å². The van der Waals surface area contributed by atoms with E-state index < -0.39 is 17.7 Å². The van der Waals surface area contributed by atoms with Crippen LogP contribution in [0.4, 0.5) is 14.5 Å². The molecule has 1 N–H and O–H groups in total. The number of amides is 1. The monoisotopic (exact) mass is 317 g/mol. The third kappa shape index (κ3) is 2.73. The SMILES string of the molecule is Cn1ccc(-c2cc(NC(=O)C3CC3(F)F)ccc2C2CC2)n1. The van der Waals surface area contributed by atoms with Crippen molar-refractivity contribution in [1.82, 2.24) is 9.78 Å². The van der Waals surface area contributed by atoms with Crippen LogP contribution in [-0.4, -0.2) is 21.6 Å². The number of carbonyl (C=O) groups excluding carboxylic acids is 1. The lowest BCUT2D eigenvalue weighted by Gasteiger charge is -2.11. The maximum Gasteiger partial charge on any atom is 0.260 e. The summed E-state index contributed by atoms with van der Waals surface area (Å²) in [4.78, 5) is 11.9. The van der Waals surface area contributed by atoms with Crippen LogP contribution in [0, 0.1) is 5.92 Å². The normalized spacial score (nSPS) is 22.0. The quantitative estimate of drug-likeness (QED) is 0.937. The summed E-state index contributed by atoms with van der Waals surface area (Å²) in [6, 6.07) is 7.52. The van der Waals surface area contributed by atoms with E-state index in [2.05, 4.69) is 10.4 Å². The van der Waals surface area contributed by atoms with Crippen molar-refractivity contribution in [3.05, 3.63) is 36.0 Å². The van der Waals surface area contributed by atoms with Crippen molar-refractivity contribution in [1.29, 1.82) is 0 Å². The molecule has 0 saturated heterocycles. The summed E-state index contributed by atoms with van der Waals surface area (Å²) in [7, 11) is 1.85. The highest BCUT2D eigenvalue weighted by Crippen LogP contribution is 2.49. The lowest BCUT2D eigenvalue weighted by molar-refractivity contribution is -0.119. The zero-order chi connectivity index (χ0) is 16.2. The third-order valence-corrected chi connectivity index (χ3v) is 4.47. The molecule has 1 atom stereocenters. The number of nitrogens with one attached hydrogen (secondary N) is 1. The molecule has 0 bridgehead atoms. The summed E-state index contributed by atoms with van der Waals surface area (Å²) in [6.45, 7) is 0. The Balaban J connectivity index is 1.63. The molecule has 4 rings (SSSR count). The molecule has 0 aliphatic heterocycles. The number of anilines is 1. The molecule has 120 valence electrons. The van der Waals surface area contributed by atoms with Crippen molar-refractivity contribution >= 4 is 11.6 Å². The molecule has 1 aromatic heterocycles. The summed E-state index contributed by atoms with van der Waals surface area (Å²) >= 11 is 0. The fourth-order valence-electron chi connectivity index (χ4n) is 2.89. The largest absolute Gasteiger partial charge is 0.326 e. The highest BCUT2D eigenvalue weighted by Gasteiger charge is 2.61. The summed E-state index contributed by atoms with van der Waals surface area (Å²) < 4.78 is 27.7. The highest BCUT2D eigenvalue weighted by atomic mass is 19.3. The number of rotatable bonds is 4. The van der Waals surface area contributed by atoms with Gasteiger partial charge < -0.3 is 5.32 Å². The molecule has 2 aliphatic rings. The molecular formula is C17H17F2N3O. The van der Waals surface area contributed by atoms with Gasteiger partial charge in [-0.2, -0.15) is 5.10 Å². The molecule has 1 aromatic carbocycles. The first-order chi connectivity index (χ1) is 10.9. The number of alkyl halides is 2. The second kappa shape index (κ2) is 4.88. The molecule has 2 fully saturated rings. The number of benzene rings is 1. The van der Waals surface area contributed by atoms with E-state index in [9.17, 15) is 13.6 Å². The summed E-state index contributed by atoms with van der Waals surface area (Å²) in [5.41, 5.74) is 3.55. The fourth-order valence-corrected chi connectivity index (χ4v) is 2.89. The fraction of sp³-hybridized carbons (Fsp3) is 0.412. The number of aromatic nitrogens is 2. The van der Waals surface area contributed by atoms with Crippen LogP contribution in [0.5, 0.6) is 0 Å². The van der Waals surface area contributed by atoms with Crippen LogP contribution in [0.3, 0.4) is 0 Å². The Morgan fingerprint density at radius 1 is 1.35 bits per heavy atom. The van der Waals surface area contributed by atoms with Crippen molar-refractivity contribution in [3.63, 3.8) is 0 Å². The standard InChI is InChI=1S/C17H17F2N3O/c1-22-7-6-15(21-22)13-8-11(4-5-12(13)10-2-3-10)20-16(23)14-9-17(14,18)19/h4-8,10,14H,2-3,9H2,1H3,(H,20,23). The van der Waals surface area contributed by atoms with Crippen molar-refractivity contribution < 1.29 is 13.6 Å². The molecule has 1 amide bonds. The Morgan fingerprint density at radius 3 is 2.65 bits per heavy atom. The Hall–Kier alpha value is -2.24. The van der Waals surface area contributed by atoms with Crippen LogP contribution in [-0.2, 0) is 11.8 Å². The topological polar surface area (TPSA) is 46.9 Å². The van der Waals surface area contributed by atoms with Gasteiger partial charge in [-0.15, -0.1) is 0 Å². The molecule has 2 aliphatic carbocycles. The van der Waals surface area contributed by atoms with Gasteiger partial charge in [0.15, 0.2) is 0 Å². The summed E-state index contributed by atoms with van der Waals surface area (Å²) in [5, 5.41) is 7.04. The zero-order valence-electron chi connectivity index (χ0n) is 12.7. The van der Waals surface area contributed by atoms with Crippen LogP contribution < -0.4 is 5.32 Å². The highest BCUT2D eigenvalue weighted by molar-refractivity contribution is 5.96. The van der Waals surface area contributed by atoms with Crippen LogP contribution in [0.1, 0.15) is 30.7 Å². The van der Waals surface area contributed by atoms with Gasteiger partial charge >= 0.3 is 0 Å². The summed E-state index contributed by atoms with van der Waals surface area (Å²) in [6.07, 6.45) is 3.81. The predicted molar refractivity (Wildman–Crippen MR) is 82.3 cm³/mol. The third-order valence-electron chi connectivity index (χ3n) is 4.47. The molecule has 0 spiro atoms. The van der Waals surface area contributed by atoms with Crippen LogP contribution in [0.15, 0.2) is 30.5 Å². The van der Waals surface area contributed by atoms with Gasteiger partial charge in [-0.05, 0) is 42.5 Å². The van der Waals surface area contributed by atoms with E-state index in [1.807, 2.05) is 31.4 Å². The van der Waals surface area contributed by atoms with Crippen LogP contribution in [0.25, 0.3) is 11.3 Å². The van der Waals surface area contributed by atoms with Gasteiger partial charge in [0.1, 0.15) is 5.92 Å². The molecule has 2 saturated carbocycles. The van der Waals surface area contributed by atoms with E-state index in [1.54, 1.807) is 10.7 Å². The van der Waals surface area contributed by atoms with Gasteiger partial charge in [-0.1, -0.05) is 6.07 Å².